The first-order chi connectivity index (χ1) is 32.2. The average molecular weight is 1030 g/mol. The molecule has 0 bridgehead atoms. The predicted molar refractivity (Wildman–Crippen MR) is 294 cm³/mol. The van der Waals surface area contributed by atoms with E-state index in [1.807, 2.05) is 6.92 Å². The van der Waals surface area contributed by atoms with E-state index in [9.17, 15) is 13.2 Å². The molecule has 390 valence electrons. The minimum absolute atomic E-state index is 0.0130. The fraction of sp³-hybridized carbons (Fsp3) is 0.661. The molecular formula is C56H94O9SSi3. The zero-order valence-electron chi connectivity index (χ0n) is 45.8. The maximum Gasteiger partial charge on any atom is 0.297 e. The van der Waals surface area contributed by atoms with Gasteiger partial charge in [0.15, 0.2) is 16.6 Å². The molecule has 0 aliphatic heterocycles. The molecule has 0 aliphatic rings. The fourth-order valence-electron chi connectivity index (χ4n) is 8.59. The molecule has 5 atom stereocenters. The molecule has 0 aromatic heterocycles. The van der Waals surface area contributed by atoms with Crippen molar-refractivity contribution in [3.63, 3.8) is 0 Å². The number of benzene rings is 3. The fourth-order valence-corrected chi connectivity index (χ4v) is 17.2. The highest BCUT2D eigenvalue weighted by molar-refractivity contribution is 7.86. The van der Waals surface area contributed by atoms with Crippen LogP contribution in [-0.2, 0) is 41.8 Å². The van der Waals surface area contributed by atoms with Crippen molar-refractivity contribution in [3.05, 3.63) is 90.5 Å². The van der Waals surface area contributed by atoms with Crippen molar-refractivity contribution in [2.24, 2.45) is 0 Å². The van der Waals surface area contributed by atoms with Gasteiger partial charge in [-0.25, -0.2) is 0 Å². The van der Waals surface area contributed by atoms with Crippen LogP contribution in [0, 0.1) is 6.92 Å². The number of hydrogen-bond acceptors (Lipinski definition) is 9. The number of carbonyl (C=O) groups is 1. The van der Waals surface area contributed by atoms with Gasteiger partial charge in [0.1, 0.15) is 19.2 Å². The molecule has 3 aromatic carbocycles. The van der Waals surface area contributed by atoms with Crippen LogP contribution >= 0.6 is 0 Å². The van der Waals surface area contributed by atoms with Gasteiger partial charge in [0.25, 0.3) is 18.4 Å². The number of methoxy groups -OCH3 is 1. The van der Waals surface area contributed by atoms with E-state index < -0.39 is 53.4 Å². The molecule has 0 aliphatic carbocycles. The second kappa shape index (κ2) is 27.1. The number of carbonyl (C=O) groups excluding carboxylic acids is 1. The standard InChI is InChI=1S/C56H94O9SSi3/c1-17-18-29-46(63-69(56(9,10)11,48-31-23-20-24-32-48)49-33-25-21-26-34-49)30-22-19-27-35-50(61-44-60-12)51(62-66(58,59)47-39-37-45(2)38-40-47)41-42-53(65-68(15,16)55(6,7)8)52(36-28-43-57)64-67(13,14)54(3,4)5/h20-21,23-26,31-34,37-40,43,46,50-53H,17-19,22,27-30,35-36,41-42,44H2,1-16H3/t46-,50+,51-,52+,53+/m0/s1. The summed E-state index contributed by atoms with van der Waals surface area (Å²) in [5, 5.41) is 2.26. The summed E-state index contributed by atoms with van der Waals surface area (Å²) < 4.78 is 68.8. The van der Waals surface area contributed by atoms with Crippen LogP contribution in [0.15, 0.2) is 89.8 Å². The number of unbranched alkanes of at least 4 members (excludes halogenated alkanes) is 3. The smallest absolute Gasteiger partial charge is 0.297 e. The van der Waals surface area contributed by atoms with Gasteiger partial charge < -0.3 is 27.5 Å². The number of hydrogen-bond donors (Lipinski definition) is 0. The SMILES string of the molecule is CCCC[C@@H](CCCCC[C@@H](OCOC)[C@H](CC[C@@H](O[Si](C)(C)C(C)(C)C)[C@@H](CCC=O)O[Si](C)(C)C(C)(C)C)OS(=O)(=O)c1ccc(C)cc1)O[Si](c1ccccc1)(c1ccccc1)C(C)(C)C. The van der Waals surface area contributed by atoms with Crippen LogP contribution in [0.5, 0.6) is 0 Å². The third-order valence-corrected chi connectivity index (χ3v) is 30.2. The molecule has 0 saturated heterocycles. The Morgan fingerprint density at radius 3 is 1.51 bits per heavy atom. The Labute approximate surface area is 424 Å². The van der Waals surface area contributed by atoms with E-state index >= 15 is 0 Å². The summed E-state index contributed by atoms with van der Waals surface area (Å²) in [5.41, 5.74) is 0.953. The third-order valence-electron chi connectivity index (χ3n) is 14.8. The van der Waals surface area contributed by atoms with E-state index in [0.29, 0.717) is 32.1 Å². The van der Waals surface area contributed by atoms with Gasteiger partial charge in [-0.3, -0.25) is 4.18 Å². The Morgan fingerprint density at radius 2 is 1.04 bits per heavy atom. The topological polar surface area (TPSA) is 107 Å². The molecule has 0 heterocycles. The van der Waals surface area contributed by atoms with E-state index in [1.165, 1.54) is 10.4 Å². The molecule has 13 heteroatoms. The Hall–Kier alpha value is -2.31. The van der Waals surface area contributed by atoms with Crippen molar-refractivity contribution in [3.8, 4) is 0 Å². The van der Waals surface area contributed by atoms with Crippen molar-refractivity contribution in [2.45, 2.75) is 230 Å². The van der Waals surface area contributed by atoms with Crippen LogP contribution in [-0.4, -0.2) is 84.1 Å². The quantitative estimate of drug-likeness (QED) is 0.0205. The zero-order chi connectivity index (χ0) is 51.7. The summed E-state index contributed by atoms with van der Waals surface area (Å²) in [6.07, 6.45) is 7.68. The highest BCUT2D eigenvalue weighted by atomic mass is 32.2. The summed E-state index contributed by atoms with van der Waals surface area (Å²) in [4.78, 5) is 12.1. The van der Waals surface area contributed by atoms with E-state index in [1.54, 1.807) is 31.4 Å². The highest BCUT2D eigenvalue weighted by Crippen LogP contribution is 2.43. The van der Waals surface area contributed by atoms with Crippen LogP contribution in [0.4, 0.5) is 0 Å². The first-order valence-corrected chi connectivity index (χ1v) is 35.0. The minimum Gasteiger partial charge on any atom is -0.411 e. The lowest BCUT2D eigenvalue weighted by Crippen LogP contribution is -2.67. The number of aldehydes is 1. The summed E-state index contributed by atoms with van der Waals surface area (Å²) in [6.45, 7) is 33.4. The average Bonchev–Trinajstić information content (AvgIpc) is 3.27. The third kappa shape index (κ3) is 18.0. The molecule has 3 aromatic rings. The Balaban J connectivity index is 2.00. The van der Waals surface area contributed by atoms with Gasteiger partial charge >= 0.3 is 0 Å². The number of aryl methyl sites for hydroxylation is 1. The molecule has 0 amide bonds. The highest BCUT2D eigenvalue weighted by Gasteiger charge is 2.51. The first-order valence-electron chi connectivity index (χ1n) is 25.8. The lowest BCUT2D eigenvalue weighted by molar-refractivity contribution is -0.112. The molecule has 0 unspecified atom stereocenters. The van der Waals surface area contributed by atoms with Crippen LogP contribution in [0.2, 0.25) is 41.3 Å². The number of rotatable bonds is 31. The zero-order valence-corrected chi connectivity index (χ0v) is 49.6. The van der Waals surface area contributed by atoms with Crippen LogP contribution in [0.3, 0.4) is 0 Å². The van der Waals surface area contributed by atoms with E-state index in [4.69, 9.17) is 26.9 Å². The Kier molecular flexibility index (Phi) is 24.0. The van der Waals surface area contributed by atoms with Crippen molar-refractivity contribution < 1.29 is 40.1 Å². The van der Waals surface area contributed by atoms with Crippen molar-refractivity contribution in [2.75, 3.05) is 13.9 Å². The number of ether oxygens (including phenoxy) is 2. The van der Waals surface area contributed by atoms with Gasteiger partial charge in [0.05, 0.1) is 23.2 Å². The van der Waals surface area contributed by atoms with Crippen LogP contribution < -0.4 is 10.4 Å². The molecule has 0 N–H and O–H groups in total. The first kappa shape index (κ1) is 61.0. The van der Waals surface area contributed by atoms with E-state index in [2.05, 4.69) is 156 Å². The van der Waals surface area contributed by atoms with Gasteiger partial charge in [-0.15, -0.1) is 0 Å². The minimum atomic E-state index is -4.20. The maximum absolute atomic E-state index is 14.2. The van der Waals surface area contributed by atoms with Gasteiger partial charge in [-0.2, -0.15) is 8.42 Å². The molecule has 9 nitrogen and oxygen atoms in total. The van der Waals surface area contributed by atoms with E-state index in [0.717, 1.165) is 56.8 Å². The second-order valence-electron chi connectivity index (χ2n) is 23.4. The molecule has 0 spiro atoms. The predicted octanol–water partition coefficient (Wildman–Crippen LogP) is 13.7. The molecule has 0 radical (unpaired) electrons. The summed E-state index contributed by atoms with van der Waals surface area (Å²) in [7, 11) is -10.1. The Morgan fingerprint density at radius 1 is 0.565 bits per heavy atom. The van der Waals surface area contributed by atoms with Gasteiger partial charge in [-0.1, -0.05) is 180 Å². The van der Waals surface area contributed by atoms with Gasteiger partial charge in [-0.05, 0) is 109 Å². The largest absolute Gasteiger partial charge is 0.411 e. The van der Waals surface area contributed by atoms with Gasteiger partial charge in [0.2, 0.25) is 0 Å². The molecular weight excluding hydrogens is 933 g/mol. The Bertz CT molecular complexity index is 1990. The summed E-state index contributed by atoms with van der Waals surface area (Å²) in [5.74, 6) is 0. The summed E-state index contributed by atoms with van der Waals surface area (Å²) >= 11 is 0. The molecule has 0 fully saturated rings. The van der Waals surface area contributed by atoms with Crippen molar-refractivity contribution in [1.82, 2.24) is 0 Å². The summed E-state index contributed by atoms with van der Waals surface area (Å²) in [6, 6.07) is 28.5. The van der Waals surface area contributed by atoms with Crippen LogP contribution in [0.25, 0.3) is 0 Å². The maximum atomic E-state index is 14.2. The molecule has 3 rings (SSSR count). The second-order valence-corrected chi connectivity index (χ2v) is 38.7. The lowest BCUT2D eigenvalue weighted by Gasteiger charge is -2.45. The van der Waals surface area contributed by atoms with E-state index in [-0.39, 0.29) is 39.0 Å². The molecule has 0 saturated carbocycles. The van der Waals surface area contributed by atoms with Crippen LogP contribution in [0.1, 0.15) is 152 Å². The lowest BCUT2D eigenvalue weighted by atomic mass is 9.97. The normalized spacial score (nSPS) is 15.7. The van der Waals surface area contributed by atoms with Crippen molar-refractivity contribution >= 4 is 51.7 Å². The van der Waals surface area contributed by atoms with Crippen molar-refractivity contribution in [1.29, 1.82) is 0 Å². The molecule has 69 heavy (non-hydrogen) atoms. The monoisotopic (exact) mass is 1030 g/mol. The van der Waals surface area contributed by atoms with Gasteiger partial charge in [0, 0.05) is 19.6 Å².